The van der Waals surface area contributed by atoms with Crippen LogP contribution in [0.1, 0.15) is 25.0 Å². The number of hydrogen-bond donors (Lipinski definition) is 0. The fourth-order valence-electron chi connectivity index (χ4n) is 6.86. The Kier molecular flexibility index (Phi) is 4.47. The van der Waals surface area contributed by atoms with Crippen LogP contribution in [0.4, 0.5) is 0 Å². The smallest absolute Gasteiger partial charge is 0.159 e. The fourth-order valence-corrected chi connectivity index (χ4v) is 8.06. The van der Waals surface area contributed by atoms with Crippen molar-refractivity contribution in [3.8, 4) is 16.8 Å². The van der Waals surface area contributed by atoms with Crippen LogP contribution in [0, 0.1) is 0 Å². The lowest BCUT2D eigenvalue weighted by atomic mass is 9.82. The van der Waals surface area contributed by atoms with Crippen LogP contribution in [0.5, 0.6) is 0 Å². The summed E-state index contributed by atoms with van der Waals surface area (Å²) < 4.78 is 9.28. The molecular weight excluding hydrogens is 494 g/mol. The second kappa shape index (κ2) is 7.58. The Morgan fingerprint density at radius 1 is 0.590 bits per heavy atom. The number of aromatic nitrogens is 1. The summed E-state index contributed by atoms with van der Waals surface area (Å²) in [6, 6.07) is 35.8. The fraction of sp³-hybridized carbons (Fsp3) is 0.167. The normalized spacial score (nSPS) is 14.9. The highest BCUT2D eigenvalue weighted by Crippen LogP contribution is 2.52. The van der Waals surface area contributed by atoms with Gasteiger partial charge in [0.25, 0.3) is 0 Å². The van der Waals surface area contributed by atoms with E-state index in [2.05, 4.69) is 134 Å². The number of furan rings is 1. The summed E-state index contributed by atoms with van der Waals surface area (Å²) in [4.78, 5) is 1.32. The summed E-state index contributed by atoms with van der Waals surface area (Å²) in [5.41, 5.74) is 10.9. The maximum absolute atomic E-state index is 6.85. The van der Waals surface area contributed by atoms with Crippen LogP contribution in [0.25, 0.3) is 60.6 Å². The molecular formula is C36H31NOS. The molecule has 0 amide bonds. The van der Waals surface area contributed by atoms with E-state index in [1.165, 1.54) is 59.7 Å². The predicted molar refractivity (Wildman–Crippen MR) is 169 cm³/mol. The Bertz CT molecular complexity index is 2130. The molecule has 0 saturated heterocycles. The van der Waals surface area contributed by atoms with Crippen molar-refractivity contribution in [1.82, 2.24) is 4.57 Å². The van der Waals surface area contributed by atoms with E-state index in [-0.39, 0.29) is 5.41 Å². The minimum atomic E-state index is -0.960. The molecule has 7 aromatic rings. The first-order valence-corrected chi connectivity index (χ1v) is 16.4. The van der Waals surface area contributed by atoms with Crippen molar-refractivity contribution >= 4 is 53.8 Å². The van der Waals surface area contributed by atoms with Crippen LogP contribution in [0.2, 0.25) is 0 Å². The first-order valence-electron chi connectivity index (χ1n) is 13.6. The largest absolute Gasteiger partial charge is 0.453 e. The molecule has 0 fully saturated rings. The molecule has 1 aliphatic carbocycles. The zero-order chi connectivity index (χ0) is 26.7. The zero-order valence-corrected chi connectivity index (χ0v) is 23.8. The van der Waals surface area contributed by atoms with E-state index in [0.29, 0.717) is 0 Å². The molecule has 5 aromatic carbocycles. The van der Waals surface area contributed by atoms with E-state index in [1.54, 1.807) is 0 Å². The number of nitrogens with zero attached hydrogens (tertiary/aromatic N) is 1. The third-order valence-electron chi connectivity index (χ3n) is 8.74. The van der Waals surface area contributed by atoms with Gasteiger partial charge >= 0.3 is 0 Å². The average molecular weight is 526 g/mol. The first-order chi connectivity index (χ1) is 18.7. The van der Waals surface area contributed by atoms with E-state index in [0.717, 1.165) is 16.9 Å². The number of fused-ring (bicyclic) bond motifs is 9. The lowest BCUT2D eigenvalue weighted by Crippen LogP contribution is -2.14. The minimum absolute atomic E-state index is 0.0584. The SMILES string of the molecule is CC1(C)c2ccccc2-c2cc3c4ccccc4n(-c4cccc5c4oc4c(S(C)(C)C)cccc45)c3cc21. The Morgan fingerprint density at radius 2 is 1.28 bits per heavy atom. The maximum atomic E-state index is 6.85. The van der Waals surface area contributed by atoms with Gasteiger partial charge in [0.15, 0.2) is 5.58 Å². The highest BCUT2D eigenvalue weighted by atomic mass is 32.3. The molecule has 192 valence electrons. The van der Waals surface area contributed by atoms with Gasteiger partial charge < -0.3 is 8.98 Å². The van der Waals surface area contributed by atoms with Crippen molar-refractivity contribution in [1.29, 1.82) is 0 Å². The quantitative estimate of drug-likeness (QED) is 0.220. The molecule has 0 atom stereocenters. The molecule has 3 heteroatoms. The predicted octanol–water partition coefficient (Wildman–Crippen LogP) is 10.0. The highest BCUT2D eigenvalue weighted by Gasteiger charge is 2.36. The van der Waals surface area contributed by atoms with Crippen molar-refractivity contribution in [2.24, 2.45) is 0 Å². The van der Waals surface area contributed by atoms with Crippen LogP contribution >= 0.6 is 10.0 Å². The van der Waals surface area contributed by atoms with Crippen LogP contribution in [-0.2, 0) is 5.41 Å². The Labute approximate surface area is 230 Å². The van der Waals surface area contributed by atoms with Crippen molar-refractivity contribution in [2.45, 2.75) is 24.2 Å². The summed E-state index contributed by atoms with van der Waals surface area (Å²) in [5.74, 6) is 0. The summed E-state index contributed by atoms with van der Waals surface area (Å²) in [6.07, 6.45) is 7.01. The van der Waals surface area contributed by atoms with Gasteiger partial charge in [0.1, 0.15) is 5.58 Å². The lowest BCUT2D eigenvalue weighted by molar-refractivity contribution is 0.657. The summed E-state index contributed by atoms with van der Waals surface area (Å²) in [7, 11) is -0.960. The number of para-hydroxylation sites is 3. The van der Waals surface area contributed by atoms with E-state index in [4.69, 9.17) is 4.42 Å². The number of hydrogen-bond acceptors (Lipinski definition) is 1. The van der Waals surface area contributed by atoms with E-state index in [1.807, 2.05) is 0 Å². The van der Waals surface area contributed by atoms with E-state index < -0.39 is 10.0 Å². The van der Waals surface area contributed by atoms with E-state index in [9.17, 15) is 0 Å². The van der Waals surface area contributed by atoms with Gasteiger partial charge in [-0.2, -0.15) is 0 Å². The molecule has 0 N–H and O–H groups in total. The summed E-state index contributed by atoms with van der Waals surface area (Å²) in [5, 5.41) is 4.92. The van der Waals surface area contributed by atoms with Crippen LogP contribution in [0.3, 0.4) is 0 Å². The molecule has 0 bridgehead atoms. The van der Waals surface area contributed by atoms with Crippen molar-refractivity contribution < 1.29 is 4.42 Å². The molecule has 0 spiro atoms. The maximum Gasteiger partial charge on any atom is 0.159 e. The molecule has 2 nitrogen and oxygen atoms in total. The molecule has 2 aromatic heterocycles. The highest BCUT2D eigenvalue weighted by molar-refractivity contribution is 8.32. The van der Waals surface area contributed by atoms with Gasteiger partial charge in [-0.15, -0.1) is 0 Å². The standard InChI is InChI=1S/C36H31NOS/c1-36(2)28-16-8-6-12-22(28)26-20-27-23-13-7-9-17-30(23)37(32(27)21-29(26)36)31-18-10-14-24-25-15-11-19-33(39(3,4)5)35(25)38-34(24)31/h6-21H,1-5H3. The van der Waals surface area contributed by atoms with Gasteiger partial charge in [0.05, 0.1) is 16.7 Å². The van der Waals surface area contributed by atoms with Gasteiger partial charge in [-0.1, -0.05) is 80.6 Å². The molecule has 0 saturated carbocycles. The monoisotopic (exact) mass is 525 g/mol. The Hall–Kier alpha value is -3.95. The van der Waals surface area contributed by atoms with Crippen LogP contribution in [0.15, 0.2) is 106 Å². The minimum Gasteiger partial charge on any atom is -0.453 e. The topological polar surface area (TPSA) is 18.1 Å². The first kappa shape index (κ1) is 23.0. The number of benzene rings is 5. The molecule has 0 aliphatic heterocycles. The molecule has 8 rings (SSSR count). The third kappa shape index (κ3) is 3.00. The van der Waals surface area contributed by atoms with Crippen LogP contribution < -0.4 is 0 Å². The van der Waals surface area contributed by atoms with Gasteiger partial charge in [-0.25, -0.2) is 10.0 Å². The second-order valence-corrected chi connectivity index (χ2v) is 16.3. The second-order valence-electron chi connectivity index (χ2n) is 12.2. The molecule has 2 heterocycles. The van der Waals surface area contributed by atoms with Crippen molar-refractivity contribution in [3.05, 3.63) is 108 Å². The molecule has 39 heavy (non-hydrogen) atoms. The summed E-state index contributed by atoms with van der Waals surface area (Å²) in [6.45, 7) is 4.71. The third-order valence-corrected chi connectivity index (χ3v) is 10.4. The van der Waals surface area contributed by atoms with Crippen molar-refractivity contribution in [2.75, 3.05) is 18.8 Å². The van der Waals surface area contributed by atoms with Gasteiger partial charge in [-0.05, 0) is 71.4 Å². The lowest BCUT2D eigenvalue weighted by Gasteiger charge is -2.25. The average Bonchev–Trinajstić information content (AvgIpc) is 3.54. The number of rotatable bonds is 2. The summed E-state index contributed by atoms with van der Waals surface area (Å²) >= 11 is 0. The van der Waals surface area contributed by atoms with Gasteiger partial charge in [0.2, 0.25) is 0 Å². The van der Waals surface area contributed by atoms with Crippen molar-refractivity contribution in [3.63, 3.8) is 0 Å². The van der Waals surface area contributed by atoms with E-state index >= 15 is 0 Å². The van der Waals surface area contributed by atoms with Gasteiger partial charge in [-0.3, -0.25) is 0 Å². The molecule has 0 unspecified atom stereocenters. The van der Waals surface area contributed by atoms with Gasteiger partial charge in [0, 0.05) is 31.9 Å². The Balaban J connectivity index is 1.51. The molecule has 1 aliphatic rings. The zero-order valence-electron chi connectivity index (χ0n) is 23.0. The Morgan fingerprint density at radius 3 is 2.10 bits per heavy atom. The van der Waals surface area contributed by atoms with Crippen LogP contribution in [-0.4, -0.2) is 23.3 Å². The molecule has 0 radical (unpaired) electrons.